The summed E-state index contributed by atoms with van der Waals surface area (Å²) in [4.78, 5) is 0. The van der Waals surface area contributed by atoms with E-state index in [1.807, 2.05) is 6.92 Å². The Morgan fingerprint density at radius 3 is 2.89 bits per heavy atom. The van der Waals surface area contributed by atoms with Crippen LogP contribution in [0.2, 0.25) is 0 Å². The van der Waals surface area contributed by atoms with Crippen LogP contribution in [0.3, 0.4) is 0 Å². The first-order valence-corrected chi connectivity index (χ1v) is 7.10. The molecule has 2 aliphatic rings. The highest BCUT2D eigenvalue weighted by Crippen LogP contribution is 2.24. The summed E-state index contributed by atoms with van der Waals surface area (Å²) in [6, 6.07) is 2.96. The molecule has 1 heterocycles. The molecule has 1 N–H and O–H groups in total. The van der Waals surface area contributed by atoms with Gasteiger partial charge in [-0.1, -0.05) is 0 Å². The van der Waals surface area contributed by atoms with Gasteiger partial charge in [-0.2, -0.15) is 5.26 Å². The van der Waals surface area contributed by atoms with Gasteiger partial charge in [0, 0.05) is 19.3 Å². The van der Waals surface area contributed by atoms with E-state index in [0.29, 0.717) is 18.8 Å². The number of nitriles is 1. The van der Waals surface area contributed by atoms with Crippen molar-refractivity contribution in [3.8, 4) is 6.07 Å². The van der Waals surface area contributed by atoms with Gasteiger partial charge < -0.3 is 9.47 Å². The third-order valence-corrected chi connectivity index (χ3v) is 3.64. The fourth-order valence-electron chi connectivity index (χ4n) is 2.36. The lowest BCUT2D eigenvalue weighted by atomic mass is 9.98. The second kappa shape index (κ2) is 6.51. The summed E-state index contributed by atoms with van der Waals surface area (Å²) in [5, 5.41) is 12.6. The molecule has 4 heteroatoms. The Labute approximate surface area is 110 Å². The van der Waals surface area contributed by atoms with Crippen LogP contribution in [0.4, 0.5) is 0 Å². The summed E-state index contributed by atoms with van der Waals surface area (Å²) >= 11 is 0. The summed E-state index contributed by atoms with van der Waals surface area (Å²) < 4.78 is 11.1. The number of nitrogens with one attached hydrogen (secondary N) is 1. The van der Waals surface area contributed by atoms with E-state index in [1.165, 1.54) is 12.8 Å². The van der Waals surface area contributed by atoms with Gasteiger partial charge in [0.2, 0.25) is 0 Å². The molecule has 1 aliphatic carbocycles. The average molecular weight is 252 g/mol. The van der Waals surface area contributed by atoms with Crippen LogP contribution in [-0.4, -0.2) is 37.5 Å². The molecule has 2 unspecified atom stereocenters. The van der Waals surface area contributed by atoms with Crippen molar-refractivity contribution in [3.63, 3.8) is 0 Å². The van der Waals surface area contributed by atoms with Crippen LogP contribution in [0.25, 0.3) is 0 Å². The highest BCUT2D eigenvalue weighted by Gasteiger charge is 2.31. The normalized spacial score (nSPS) is 26.8. The third kappa shape index (κ3) is 4.56. The molecule has 2 atom stereocenters. The number of rotatable bonds is 8. The summed E-state index contributed by atoms with van der Waals surface area (Å²) in [6.07, 6.45) is 6.80. The van der Waals surface area contributed by atoms with Gasteiger partial charge in [0.1, 0.15) is 5.54 Å². The Balaban J connectivity index is 1.54. The van der Waals surface area contributed by atoms with Gasteiger partial charge in [-0.3, -0.25) is 5.32 Å². The molecule has 1 saturated carbocycles. The van der Waals surface area contributed by atoms with Crippen LogP contribution in [0.5, 0.6) is 0 Å². The molecule has 4 nitrogen and oxygen atoms in total. The Hall–Kier alpha value is -0.630. The van der Waals surface area contributed by atoms with Crippen molar-refractivity contribution in [2.75, 3.05) is 19.8 Å². The van der Waals surface area contributed by atoms with E-state index < -0.39 is 0 Å². The first-order chi connectivity index (χ1) is 8.72. The topological polar surface area (TPSA) is 54.3 Å². The average Bonchev–Trinajstić information content (AvgIpc) is 3.01. The Morgan fingerprint density at radius 1 is 1.44 bits per heavy atom. The standard InChI is InChI=1S/C14H24N2O2/c1-14(11-15,16-12-5-6-12)7-3-8-17-10-13-4-2-9-18-13/h12-13,16H,2-10H2,1H3. The van der Waals surface area contributed by atoms with Gasteiger partial charge in [0.15, 0.2) is 0 Å². The van der Waals surface area contributed by atoms with E-state index in [0.717, 1.165) is 38.9 Å². The second-order valence-electron chi connectivity index (χ2n) is 5.68. The number of hydrogen-bond donors (Lipinski definition) is 1. The van der Waals surface area contributed by atoms with Crippen LogP contribution < -0.4 is 5.32 Å². The number of hydrogen-bond acceptors (Lipinski definition) is 4. The molecule has 1 saturated heterocycles. The van der Waals surface area contributed by atoms with Crippen LogP contribution in [-0.2, 0) is 9.47 Å². The lowest BCUT2D eigenvalue weighted by Gasteiger charge is -2.23. The van der Waals surface area contributed by atoms with Crippen LogP contribution in [0, 0.1) is 11.3 Å². The fourth-order valence-corrected chi connectivity index (χ4v) is 2.36. The van der Waals surface area contributed by atoms with Crippen molar-refractivity contribution in [1.29, 1.82) is 5.26 Å². The lowest BCUT2D eigenvalue weighted by Crippen LogP contribution is -2.42. The molecular formula is C14H24N2O2. The zero-order valence-corrected chi connectivity index (χ0v) is 11.3. The molecule has 0 aromatic rings. The largest absolute Gasteiger partial charge is 0.379 e. The second-order valence-corrected chi connectivity index (χ2v) is 5.68. The van der Waals surface area contributed by atoms with Crippen molar-refractivity contribution in [2.45, 2.75) is 63.1 Å². The molecule has 0 aromatic heterocycles. The molecule has 0 amide bonds. The van der Waals surface area contributed by atoms with Crippen molar-refractivity contribution in [2.24, 2.45) is 0 Å². The maximum Gasteiger partial charge on any atom is 0.104 e. The summed E-state index contributed by atoms with van der Waals surface area (Å²) in [5.74, 6) is 0. The van der Waals surface area contributed by atoms with E-state index in [-0.39, 0.29) is 5.54 Å². The lowest BCUT2D eigenvalue weighted by molar-refractivity contribution is 0.0153. The number of ether oxygens (including phenoxy) is 2. The summed E-state index contributed by atoms with van der Waals surface area (Å²) in [5.41, 5.74) is -0.381. The minimum atomic E-state index is -0.381. The van der Waals surface area contributed by atoms with Crippen molar-refractivity contribution >= 4 is 0 Å². The van der Waals surface area contributed by atoms with Crippen molar-refractivity contribution in [3.05, 3.63) is 0 Å². The molecule has 0 bridgehead atoms. The minimum absolute atomic E-state index is 0.303. The Bertz CT molecular complexity index is 293. The van der Waals surface area contributed by atoms with Gasteiger partial charge >= 0.3 is 0 Å². The first kappa shape index (κ1) is 13.8. The van der Waals surface area contributed by atoms with Gasteiger partial charge in [0.25, 0.3) is 0 Å². The van der Waals surface area contributed by atoms with Crippen LogP contribution >= 0.6 is 0 Å². The first-order valence-electron chi connectivity index (χ1n) is 7.10. The van der Waals surface area contributed by atoms with E-state index in [2.05, 4.69) is 11.4 Å². The molecule has 2 fully saturated rings. The van der Waals surface area contributed by atoms with E-state index in [1.54, 1.807) is 0 Å². The van der Waals surface area contributed by atoms with E-state index in [4.69, 9.17) is 9.47 Å². The maximum atomic E-state index is 9.22. The molecule has 18 heavy (non-hydrogen) atoms. The van der Waals surface area contributed by atoms with E-state index in [9.17, 15) is 5.26 Å². The van der Waals surface area contributed by atoms with Crippen molar-refractivity contribution < 1.29 is 9.47 Å². The predicted molar refractivity (Wildman–Crippen MR) is 69.2 cm³/mol. The molecule has 0 radical (unpaired) electrons. The zero-order chi connectivity index (χ0) is 12.8. The zero-order valence-electron chi connectivity index (χ0n) is 11.3. The Morgan fingerprint density at radius 2 is 2.28 bits per heavy atom. The molecule has 1 aliphatic heterocycles. The van der Waals surface area contributed by atoms with Crippen LogP contribution in [0.1, 0.15) is 45.4 Å². The van der Waals surface area contributed by atoms with Gasteiger partial charge in [-0.15, -0.1) is 0 Å². The smallest absolute Gasteiger partial charge is 0.104 e. The third-order valence-electron chi connectivity index (χ3n) is 3.64. The maximum absolute atomic E-state index is 9.22. The quantitative estimate of drug-likeness (QED) is 0.671. The van der Waals surface area contributed by atoms with Crippen molar-refractivity contribution in [1.82, 2.24) is 5.32 Å². The van der Waals surface area contributed by atoms with E-state index >= 15 is 0 Å². The summed E-state index contributed by atoms with van der Waals surface area (Å²) in [7, 11) is 0. The fraction of sp³-hybridized carbons (Fsp3) is 0.929. The van der Waals surface area contributed by atoms with Gasteiger partial charge in [-0.05, 0) is 45.4 Å². The molecular weight excluding hydrogens is 228 g/mol. The monoisotopic (exact) mass is 252 g/mol. The Kier molecular flexibility index (Phi) is 4.99. The van der Waals surface area contributed by atoms with Crippen LogP contribution in [0.15, 0.2) is 0 Å². The highest BCUT2D eigenvalue weighted by molar-refractivity contribution is 5.06. The van der Waals surface area contributed by atoms with Gasteiger partial charge in [-0.25, -0.2) is 0 Å². The minimum Gasteiger partial charge on any atom is -0.379 e. The molecule has 2 rings (SSSR count). The SMILES string of the molecule is CC(C#N)(CCCOCC1CCCO1)NC1CC1. The highest BCUT2D eigenvalue weighted by atomic mass is 16.5. The predicted octanol–water partition coefficient (Wildman–Crippen LogP) is 2.00. The van der Waals surface area contributed by atoms with Gasteiger partial charge in [0.05, 0.1) is 18.8 Å². The summed E-state index contributed by atoms with van der Waals surface area (Å²) in [6.45, 7) is 4.31. The number of nitrogens with zero attached hydrogens (tertiary/aromatic N) is 1. The molecule has 102 valence electrons. The molecule has 0 spiro atoms. The molecule has 0 aromatic carbocycles.